The maximum absolute atomic E-state index is 12.4. The molecule has 0 aliphatic heterocycles. The fraction of sp³-hybridized carbons (Fsp3) is 0.467. The van der Waals surface area contributed by atoms with Crippen LogP contribution in [0.15, 0.2) is 34.4 Å². The molecule has 1 atom stereocenters. The molecule has 3 heteroatoms. The minimum absolute atomic E-state index is 0.0940. The van der Waals surface area contributed by atoms with Crippen molar-refractivity contribution in [2.24, 2.45) is 5.92 Å². The second-order valence-corrected chi connectivity index (χ2v) is 5.28. The van der Waals surface area contributed by atoms with E-state index in [1.165, 1.54) is 0 Å². The number of carbonyl (C=O) groups excluding carboxylic acids is 2. The van der Waals surface area contributed by atoms with Crippen LogP contribution in [0.3, 0.4) is 0 Å². The highest BCUT2D eigenvalue weighted by molar-refractivity contribution is 6.37. The number of Topliss-reactive ketones (excluding diaryl/α,β-unsaturated/α-hetero) is 2. The lowest BCUT2D eigenvalue weighted by atomic mass is 9.84. The van der Waals surface area contributed by atoms with Crippen molar-refractivity contribution < 1.29 is 9.59 Å². The van der Waals surface area contributed by atoms with Crippen LogP contribution in [0.5, 0.6) is 0 Å². The average Bonchev–Trinajstić information content (AvgIpc) is 2.38. The van der Waals surface area contributed by atoms with Crippen molar-refractivity contribution in [2.45, 2.75) is 39.0 Å². The van der Waals surface area contributed by atoms with Crippen LogP contribution in [0.4, 0.5) is 0 Å². The first kappa shape index (κ1) is 13.3. The lowest BCUT2D eigenvalue weighted by molar-refractivity contribution is -0.123. The molecule has 0 saturated heterocycles. The van der Waals surface area contributed by atoms with Crippen LogP contribution in [-0.2, 0) is 9.59 Å². The van der Waals surface area contributed by atoms with Crippen molar-refractivity contribution in [1.82, 2.24) is 0 Å². The van der Waals surface area contributed by atoms with Gasteiger partial charge in [-0.2, -0.15) is 0 Å². The highest BCUT2D eigenvalue weighted by atomic mass is 35.5. The minimum Gasteiger partial charge on any atom is -0.294 e. The second kappa shape index (κ2) is 5.66. The van der Waals surface area contributed by atoms with E-state index in [9.17, 15) is 9.59 Å². The average molecular weight is 265 g/mol. The largest absolute Gasteiger partial charge is 0.294 e. The summed E-state index contributed by atoms with van der Waals surface area (Å²) in [5.41, 5.74) is 1.25. The van der Waals surface area contributed by atoms with E-state index in [1.54, 1.807) is 0 Å². The molecule has 0 heterocycles. The van der Waals surface area contributed by atoms with Crippen LogP contribution in [0.1, 0.15) is 39.0 Å². The van der Waals surface area contributed by atoms with Gasteiger partial charge in [-0.1, -0.05) is 36.8 Å². The zero-order chi connectivity index (χ0) is 13.1. The van der Waals surface area contributed by atoms with Gasteiger partial charge in [0.05, 0.1) is 5.57 Å². The minimum atomic E-state index is -0.271. The van der Waals surface area contributed by atoms with E-state index in [0.29, 0.717) is 17.9 Å². The summed E-state index contributed by atoms with van der Waals surface area (Å²) >= 11 is 6.06. The first-order valence-electron chi connectivity index (χ1n) is 6.44. The van der Waals surface area contributed by atoms with Gasteiger partial charge in [-0.3, -0.25) is 9.59 Å². The number of hydrogen-bond acceptors (Lipinski definition) is 2. The first-order valence-corrected chi connectivity index (χ1v) is 6.81. The quantitative estimate of drug-likeness (QED) is 0.728. The SMILES string of the molecule is CC(C(=O)C1=C(Cl)CCCC1=O)C1=CCCC=C1. The fourth-order valence-corrected chi connectivity index (χ4v) is 2.73. The van der Waals surface area contributed by atoms with Crippen LogP contribution >= 0.6 is 11.6 Å². The molecule has 2 aliphatic carbocycles. The Kier molecular flexibility index (Phi) is 4.18. The number of ketones is 2. The third-order valence-electron chi connectivity index (χ3n) is 3.51. The predicted molar refractivity (Wildman–Crippen MR) is 72.4 cm³/mol. The van der Waals surface area contributed by atoms with E-state index in [0.717, 1.165) is 24.8 Å². The molecule has 96 valence electrons. The molecule has 2 nitrogen and oxygen atoms in total. The zero-order valence-electron chi connectivity index (χ0n) is 10.5. The van der Waals surface area contributed by atoms with Gasteiger partial charge < -0.3 is 0 Å². The summed E-state index contributed by atoms with van der Waals surface area (Å²) in [6, 6.07) is 0. The van der Waals surface area contributed by atoms with Crippen molar-refractivity contribution in [3.05, 3.63) is 34.4 Å². The normalized spacial score (nSPS) is 21.9. The van der Waals surface area contributed by atoms with Crippen LogP contribution in [0.25, 0.3) is 0 Å². The fourth-order valence-electron chi connectivity index (χ4n) is 2.40. The summed E-state index contributed by atoms with van der Waals surface area (Å²) in [7, 11) is 0. The molecule has 0 aromatic carbocycles. The van der Waals surface area contributed by atoms with E-state index >= 15 is 0 Å². The Morgan fingerprint density at radius 2 is 2.11 bits per heavy atom. The van der Waals surface area contributed by atoms with Crippen molar-refractivity contribution in [3.63, 3.8) is 0 Å². The Morgan fingerprint density at radius 3 is 2.72 bits per heavy atom. The molecule has 0 fully saturated rings. The van der Waals surface area contributed by atoms with Gasteiger partial charge >= 0.3 is 0 Å². The van der Waals surface area contributed by atoms with Gasteiger partial charge in [0.25, 0.3) is 0 Å². The molecule has 2 aliphatic rings. The van der Waals surface area contributed by atoms with Crippen LogP contribution in [-0.4, -0.2) is 11.6 Å². The molecular formula is C15H17ClO2. The van der Waals surface area contributed by atoms with E-state index in [4.69, 9.17) is 11.6 Å². The molecule has 0 N–H and O–H groups in total. The third-order valence-corrected chi connectivity index (χ3v) is 3.89. The van der Waals surface area contributed by atoms with E-state index in [2.05, 4.69) is 12.2 Å². The van der Waals surface area contributed by atoms with E-state index < -0.39 is 0 Å². The lowest BCUT2D eigenvalue weighted by Gasteiger charge is -2.19. The van der Waals surface area contributed by atoms with Crippen LogP contribution in [0.2, 0.25) is 0 Å². The van der Waals surface area contributed by atoms with Gasteiger partial charge in [0.15, 0.2) is 11.6 Å². The molecule has 18 heavy (non-hydrogen) atoms. The standard InChI is InChI=1S/C15H17ClO2/c1-10(11-6-3-2-4-7-11)15(18)14-12(16)8-5-9-13(14)17/h3,6-7,10H,2,4-5,8-9H2,1H3. The predicted octanol–water partition coefficient (Wildman–Crippen LogP) is 3.71. The summed E-state index contributed by atoms with van der Waals surface area (Å²) in [5, 5.41) is 0.448. The Bertz CT molecular complexity index is 469. The van der Waals surface area contributed by atoms with E-state index in [-0.39, 0.29) is 23.1 Å². The third kappa shape index (κ3) is 2.64. The number of halogens is 1. The second-order valence-electron chi connectivity index (χ2n) is 4.83. The lowest BCUT2D eigenvalue weighted by Crippen LogP contribution is -2.24. The number of allylic oxidation sites excluding steroid dienone is 6. The van der Waals surface area contributed by atoms with Gasteiger partial charge in [0.1, 0.15) is 0 Å². The van der Waals surface area contributed by atoms with Gasteiger partial charge in [-0.05, 0) is 31.3 Å². The summed E-state index contributed by atoms with van der Waals surface area (Å²) in [6.07, 6.45) is 9.95. The van der Waals surface area contributed by atoms with Crippen molar-refractivity contribution >= 4 is 23.2 Å². The smallest absolute Gasteiger partial charge is 0.174 e. The van der Waals surface area contributed by atoms with Crippen LogP contribution in [0, 0.1) is 5.92 Å². The summed E-state index contributed by atoms with van der Waals surface area (Å²) < 4.78 is 0. The number of carbonyl (C=O) groups is 2. The summed E-state index contributed by atoms with van der Waals surface area (Å²) in [6.45, 7) is 1.85. The van der Waals surface area contributed by atoms with E-state index in [1.807, 2.05) is 13.0 Å². The Hall–Kier alpha value is -1.15. The zero-order valence-corrected chi connectivity index (χ0v) is 11.3. The molecule has 2 rings (SSSR count). The molecule has 0 bridgehead atoms. The highest BCUT2D eigenvalue weighted by Gasteiger charge is 2.29. The monoisotopic (exact) mass is 264 g/mol. The maximum Gasteiger partial charge on any atom is 0.174 e. The molecular weight excluding hydrogens is 248 g/mol. The summed E-state index contributed by atoms with van der Waals surface area (Å²) in [4.78, 5) is 24.2. The Labute approximate surface area is 112 Å². The molecule has 0 aromatic heterocycles. The molecule has 0 radical (unpaired) electrons. The van der Waals surface area contributed by atoms with Gasteiger partial charge in [-0.25, -0.2) is 0 Å². The van der Waals surface area contributed by atoms with Crippen molar-refractivity contribution in [1.29, 1.82) is 0 Å². The molecule has 1 unspecified atom stereocenters. The summed E-state index contributed by atoms with van der Waals surface area (Å²) in [5.74, 6) is -0.488. The molecule has 0 saturated carbocycles. The van der Waals surface area contributed by atoms with Crippen molar-refractivity contribution in [2.75, 3.05) is 0 Å². The molecule has 0 aromatic rings. The Balaban J connectivity index is 2.23. The van der Waals surface area contributed by atoms with Gasteiger partial charge in [0.2, 0.25) is 0 Å². The molecule has 0 amide bonds. The topological polar surface area (TPSA) is 34.1 Å². The Morgan fingerprint density at radius 1 is 1.33 bits per heavy atom. The maximum atomic E-state index is 12.4. The highest BCUT2D eigenvalue weighted by Crippen LogP contribution is 2.30. The van der Waals surface area contributed by atoms with Gasteiger partial charge in [-0.15, -0.1) is 0 Å². The first-order chi connectivity index (χ1) is 8.61. The van der Waals surface area contributed by atoms with Crippen LogP contribution < -0.4 is 0 Å². The number of rotatable bonds is 3. The number of hydrogen-bond donors (Lipinski definition) is 0. The van der Waals surface area contributed by atoms with Gasteiger partial charge in [0, 0.05) is 17.4 Å². The molecule has 0 spiro atoms. The van der Waals surface area contributed by atoms with Crippen molar-refractivity contribution in [3.8, 4) is 0 Å².